The smallest absolute Gasteiger partial charge is 0.261 e. The van der Waals surface area contributed by atoms with E-state index in [1.165, 1.54) is 108 Å². The van der Waals surface area contributed by atoms with Crippen LogP contribution in [0, 0.1) is 16.2 Å². The number of hydrogen-bond acceptors (Lipinski definition) is 27. The van der Waals surface area contributed by atoms with Crippen LogP contribution in [0.1, 0.15) is 67.4 Å². The average Bonchev–Trinajstić information content (AvgIpc) is 1.59. The summed E-state index contributed by atoms with van der Waals surface area (Å²) in [6.45, 7) is 24.8. The van der Waals surface area contributed by atoms with Gasteiger partial charge in [0.1, 0.15) is 16.6 Å². The summed E-state index contributed by atoms with van der Waals surface area (Å²) in [6, 6.07) is 30.9. The zero-order valence-electron chi connectivity index (χ0n) is 70.0. The van der Waals surface area contributed by atoms with E-state index in [-0.39, 0.29) is 7.43 Å². The van der Waals surface area contributed by atoms with Crippen LogP contribution in [0.25, 0.3) is 133 Å². The Bertz CT molecular complexity index is 6280. The Morgan fingerprint density at radius 3 is 1.14 bits per heavy atom. The minimum absolute atomic E-state index is 0. The molecule has 0 aliphatic carbocycles. The number of nitrogens with one attached hydrogen (secondary N) is 4. The number of furan rings is 3. The van der Waals surface area contributed by atoms with Crippen molar-refractivity contribution in [3.8, 4) is 34.2 Å². The van der Waals surface area contributed by atoms with Gasteiger partial charge < -0.3 is 77.1 Å². The minimum atomic E-state index is -3.67. The highest BCUT2D eigenvalue weighted by molar-refractivity contribution is 7.85. The van der Waals surface area contributed by atoms with Crippen molar-refractivity contribution in [1.82, 2.24) is 89.6 Å². The number of aromatic amines is 3. The van der Waals surface area contributed by atoms with Gasteiger partial charge in [-0.2, -0.15) is 8.42 Å². The van der Waals surface area contributed by atoms with Crippen molar-refractivity contribution in [1.29, 1.82) is 0 Å². The van der Waals surface area contributed by atoms with Gasteiger partial charge in [-0.3, -0.25) is 19.1 Å². The monoisotopic (exact) mass is 1700 g/mol. The number of carbonyl (C=O) groups is 1. The molecule has 9 aliphatic rings. The topological polar surface area (TPSA) is 340 Å². The normalized spacial score (nSPS) is 21.8. The Labute approximate surface area is 718 Å². The van der Waals surface area contributed by atoms with Crippen LogP contribution in [0.15, 0.2) is 141 Å². The van der Waals surface area contributed by atoms with Crippen molar-refractivity contribution in [2.45, 2.75) is 59.0 Å². The van der Waals surface area contributed by atoms with Gasteiger partial charge in [-0.15, -0.1) is 0 Å². The van der Waals surface area contributed by atoms with Crippen molar-refractivity contribution in [2.24, 2.45) is 16.2 Å². The summed E-state index contributed by atoms with van der Waals surface area (Å²) in [5, 5.41) is 9.32. The van der Waals surface area contributed by atoms with Gasteiger partial charge in [0, 0.05) is 184 Å². The highest BCUT2D eigenvalue weighted by Gasteiger charge is 2.44. The predicted molar refractivity (Wildman–Crippen MR) is 483 cm³/mol. The maximum absolute atomic E-state index is 11.3. The van der Waals surface area contributed by atoms with Gasteiger partial charge in [0.05, 0.1) is 62.1 Å². The number of morpholine rings is 3. The van der Waals surface area contributed by atoms with Crippen molar-refractivity contribution < 1.29 is 45.2 Å². The highest BCUT2D eigenvalue weighted by Crippen LogP contribution is 2.45. The molecule has 15 aromatic rings. The standard InChI is InChI=1S/2C30H33N7O2.C22H17N5O3.C8H16N2.CH4O3S.CH4/c2*1-35-9-6-30(18-35)7-10-36(19-30)17-20-15-23-25-26(39-29(23)32-16-20)28(37-11-13-38-14-12-37)34-27(33-25)22-3-2-4-24-21(22)5-8-31-24;28-12-13-10-16-18-19(30-22(16)24-11-13)21(27-6-8-29-9-7-27)26-20(25-18)15-2-1-3-17-14(15)4-5-23-17;1-10-5-3-8(7-10)2-4-9-6-8;1-5(2,3)4;/h2*2-5,8,15-16,31H,6-7,9-14,17-19H2,1H3;1-5,10-12,23H,6-9H2;9H,2-7H2,1H3;1H3,(H,2,3,4);1H4. The van der Waals surface area contributed by atoms with Crippen LogP contribution in [-0.4, -0.2) is 288 Å². The highest BCUT2D eigenvalue weighted by atomic mass is 32.2. The first-order chi connectivity index (χ1) is 59.9. The summed E-state index contributed by atoms with van der Waals surface area (Å²) >= 11 is 0. The van der Waals surface area contributed by atoms with Crippen molar-refractivity contribution in [2.75, 3.05) is 200 Å². The fourth-order valence-corrected chi connectivity index (χ4v) is 20.2. The first kappa shape index (κ1) is 82.6. The molecule has 9 fully saturated rings. The van der Waals surface area contributed by atoms with Gasteiger partial charge in [0.2, 0.25) is 17.1 Å². The number of nitrogens with zero attached hydrogens (tertiary/aromatic N) is 17. The lowest BCUT2D eigenvalue weighted by atomic mass is 9.86. The number of aromatic nitrogens is 12. The second-order valence-corrected chi connectivity index (χ2v) is 36.6. The third kappa shape index (κ3) is 16.9. The van der Waals surface area contributed by atoms with Gasteiger partial charge in [0.25, 0.3) is 10.1 Å². The SMILES string of the molecule is C.CN1CCC2(CCN(Cc3cnc4oc5c(N6CCOCC6)nc(-c6cccc7[nH]ccc67)nc5c4c3)C2)C1.CN1CCC2(CCN(Cc3cnc4oc5c(N6CCOCC6)nc(-c6cccc7[nH]ccc67)nc5c4c3)C2)C1.CN1CCC2(CCNC2)C1.CS(=O)(=O)O.O=Cc1cnc2oc3c(N4CCOCC4)nc(-c4cccc5[nH]ccc45)nc3c2c1. The van der Waals surface area contributed by atoms with Crippen LogP contribution in [0.4, 0.5) is 17.5 Å². The maximum atomic E-state index is 11.3. The van der Waals surface area contributed by atoms with E-state index in [0.717, 1.165) is 160 Å². The number of pyridine rings is 3. The number of H-pyrrole nitrogens is 3. The lowest BCUT2D eigenvalue weighted by Gasteiger charge is -2.27. The summed E-state index contributed by atoms with van der Waals surface area (Å²) in [5.41, 5.74) is 16.6. The van der Waals surface area contributed by atoms with Gasteiger partial charge in [-0.1, -0.05) is 43.8 Å². The largest absolute Gasteiger partial charge is 0.432 e. The molecule has 0 radical (unpaired) electrons. The minimum Gasteiger partial charge on any atom is -0.432 e. The van der Waals surface area contributed by atoms with E-state index in [1.807, 2.05) is 67.4 Å². The van der Waals surface area contributed by atoms with Crippen LogP contribution in [0.3, 0.4) is 0 Å². The van der Waals surface area contributed by atoms with E-state index in [9.17, 15) is 13.2 Å². The molecule has 12 aromatic heterocycles. The number of ether oxygens (including phenoxy) is 3. The molecule has 31 nitrogen and oxygen atoms in total. The zero-order chi connectivity index (χ0) is 83.6. The second-order valence-electron chi connectivity index (χ2n) is 35.2. The van der Waals surface area contributed by atoms with E-state index in [4.69, 9.17) is 71.9 Å². The Kier molecular flexibility index (Phi) is 23.0. The van der Waals surface area contributed by atoms with Gasteiger partial charge in [0.15, 0.2) is 58.0 Å². The molecular formula is C92H107N21O10S. The van der Waals surface area contributed by atoms with E-state index < -0.39 is 10.1 Å². The second kappa shape index (κ2) is 34.5. The lowest BCUT2D eigenvalue weighted by molar-refractivity contribution is 0.112. The van der Waals surface area contributed by atoms with E-state index in [1.54, 1.807) is 6.07 Å². The van der Waals surface area contributed by atoms with Crippen LogP contribution in [-0.2, 0) is 37.4 Å². The van der Waals surface area contributed by atoms with Gasteiger partial charge in [-0.05, 0) is 181 Å². The number of hydrogen-bond donors (Lipinski definition) is 5. The number of aldehydes is 1. The molecule has 3 atom stereocenters. The lowest BCUT2D eigenvalue weighted by Crippen LogP contribution is -2.37. The van der Waals surface area contributed by atoms with E-state index >= 15 is 0 Å². The van der Waals surface area contributed by atoms with Crippen molar-refractivity contribution in [3.05, 3.63) is 145 Å². The molecule has 3 spiro atoms. The maximum Gasteiger partial charge on any atom is 0.261 e. The fourth-order valence-electron chi connectivity index (χ4n) is 20.2. The Balaban J connectivity index is 0.000000113. The molecule has 646 valence electrons. The third-order valence-corrected chi connectivity index (χ3v) is 26.2. The van der Waals surface area contributed by atoms with Gasteiger partial charge >= 0.3 is 0 Å². The first-order valence-electron chi connectivity index (χ1n) is 43.0. The molecule has 32 heteroatoms. The van der Waals surface area contributed by atoms with Crippen LogP contribution >= 0.6 is 0 Å². The number of fused-ring (bicyclic) bond motifs is 12. The molecule has 0 bridgehead atoms. The molecule has 21 heterocycles. The number of anilines is 3. The van der Waals surface area contributed by atoms with Gasteiger partial charge in [-0.25, -0.2) is 44.9 Å². The molecule has 3 aromatic carbocycles. The molecule has 24 rings (SSSR count). The summed E-state index contributed by atoms with van der Waals surface area (Å²) in [6.07, 6.45) is 20.8. The van der Waals surface area contributed by atoms with E-state index in [2.05, 4.69) is 134 Å². The van der Waals surface area contributed by atoms with Crippen LogP contribution in [0.5, 0.6) is 0 Å². The summed E-state index contributed by atoms with van der Waals surface area (Å²) in [7, 11) is 3.06. The van der Waals surface area contributed by atoms with Crippen LogP contribution < -0.4 is 20.0 Å². The molecule has 9 saturated heterocycles. The Hall–Kier alpha value is -11.0. The molecule has 3 unspecified atom stereocenters. The number of carbonyl (C=O) groups excluding carboxylic acids is 1. The number of benzene rings is 3. The fraction of sp³-hybridized carbons (Fsp3) is 0.435. The predicted octanol–water partition coefficient (Wildman–Crippen LogP) is 12.6. The average molecular weight is 1700 g/mol. The Morgan fingerprint density at radius 1 is 0.435 bits per heavy atom. The van der Waals surface area contributed by atoms with Crippen molar-refractivity contribution >= 4 is 133 Å². The van der Waals surface area contributed by atoms with E-state index in [0.29, 0.717) is 143 Å². The summed E-state index contributed by atoms with van der Waals surface area (Å²) in [4.78, 5) is 84.4. The molecule has 9 aliphatic heterocycles. The molecule has 5 N–H and O–H groups in total. The molecule has 0 amide bonds. The number of rotatable bonds is 11. The molecular weight excluding hydrogens is 1590 g/mol. The summed E-state index contributed by atoms with van der Waals surface area (Å²) in [5.74, 6) is 4.36. The molecule has 124 heavy (non-hydrogen) atoms. The first-order valence-corrected chi connectivity index (χ1v) is 44.8. The van der Waals surface area contributed by atoms with Crippen molar-refractivity contribution in [3.63, 3.8) is 0 Å². The molecule has 0 saturated carbocycles. The van der Waals surface area contributed by atoms with Crippen LogP contribution in [0.2, 0.25) is 0 Å². The zero-order valence-corrected chi connectivity index (χ0v) is 70.8. The number of likely N-dealkylation sites (tertiary alicyclic amines) is 5. The summed E-state index contributed by atoms with van der Waals surface area (Å²) < 4.78 is 61.4. The quantitative estimate of drug-likeness (QED) is 0.0593. The third-order valence-electron chi connectivity index (χ3n) is 26.2. The Morgan fingerprint density at radius 2 is 0.790 bits per heavy atom.